The lowest BCUT2D eigenvalue weighted by molar-refractivity contribution is -0.136. The number of nitrogens with zero attached hydrogens (tertiary/aromatic N) is 4. The first-order valence-corrected chi connectivity index (χ1v) is 7.96. The number of hydrogen-bond acceptors (Lipinski definition) is 4. The van der Waals surface area contributed by atoms with E-state index in [1.807, 2.05) is 4.90 Å². The summed E-state index contributed by atoms with van der Waals surface area (Å²) in [5, 5.41) is 0. The van der Waals surface area contributed by atoms with Gasteiger partial charge in [0.2, 0.25) is 5.91 Å². The smallest absolute Gasteiger partial charge is 0.253 e. The Balaban J connectivity index is 1.97. The van der Waals surface area contributed by atoms with Crippen molar-refractivity contribution in [3.05, 3.63) is 28.9 Å². The van der Waals surface area contributed by atoms with Gasteiger partial charge in [0.25, 0.3) is 5.56 Å². The highest BCUT2D eigenvalue weighted by molar-refractivity contribution is 5.76. The van der Waals surface area contributed by atoms with E-state index < -0.39 is 0 Å². The number of carbonyl (C=O) groups is 1. The number of hydrogen-bond donors (Lipinski definition) is 0. The van der Waals surface area contributed by atoms with Gasteiger partial charge >= 0.3 is 0 Å². The molecule has 6 nitrogen and oxygen atoms in total. The van der Waals surface area contributed by atoms with Gasteiger partial charge < -0.3 is 9.80 Å². The van der Waals surface area contributed by atoms with E-state index in [0.717, 1.165) is 26.1 Å². The fourth-order valence-electron chi connectivity index (χ4n) is 2.99. The number of likely N-dealkylation sites (N-methyl/N-ethyl adjacent to an activating group) is 1. The van der Waals surface area contributed by atoms with Crippen molar-refractivity contribution >= 4 is 5.91 Å². The third kappa shape index (κ3) is 4.40. The van der Waals surface area contributed by atoms with Crippen LogP contribution in [0.3, 0.4) is 0 Å². The van der Waals surface area contributed by atoms with E-state index in [0.29, 0.717) is 18.9 Å². The monoisotopic (exact) mass is 306 g/mol. The molecule has 2 heterocycles. The van der Waals surface area contributed by atoms with Gasteiger partial charge in [-0.25, -0.2) is 4.98 Å². The van der Waals surface area contributed by atoms with Crippen LogP contribution in [0, 0.1) is 5.92 Å². The summed E-state index contributed by atoms with van der Waals surface area (Å²) in [6.45, 7) is 7.38. The standard InChI is InChI=1S/C16H26N4O2/c1-13(2)10-14-11-18(3)8-9-20(14)16(22)5-7-19-12-17-6-4-15(19)21/h4,6,12-14H,5,7-11H2,1-3H3. The van der Waals surface area contributed by atoms with Gasteiger partial charge in [-0.1, -0.05) is 13.8 Å². The molecule has 1 aromatic rings. The van der Waals surface area contributed by atoms with Crippen LogP contribution in [0.4, 0.5) is 0 Å². The molecular formula is C16H26N4O2. The van der Waals surface area contributed by atoms with Crippen molar-refractivity contribution in [2.75, 3.05) is 26.7 Å². The molecule has 2 rings (SSSR count). The van der Waals surface area contributed by atoms with Crippen molar-refractivity contribution in [2.45, 2.75) is 39.3 Å². The van der Waals surface area contributed by atoms with E-state index in [2.05, 4.69) is 30.8 Å². The average molecular weight is 306 g/mol. The Morgan fingerprint density at radius 3 is 2.86 bits per heavy atom. The Bertz CT molecular complexity index is 553. The molecular weight excluding hydrogens is 280 g/mol. The Morgan fingerprint density at radius 1 is 1.41 bits per heavy atom. The summed E-state index contributed by atoms with van der Waals surface area (Å²) in [5.41, 5.74) is -0.111. The van der Waals surface area contributed by atoms with Crippen LogP contribution < -0.4 is 5.56 Å². The average Bonchev–Trinajstić information content (AvgIpc) is 2.45. The van der Waals surface area contributed by atoms with E-state index in [9.17, 15) is 9.59 Å². The molecule has 1 fully saturated rings. The lowest BCUT2D eigenvalue weighted by Gasteiger charge is -2.41. The highest BCUT2D eigenvalue weighted by Crippen LogP contribution is 2.17. The topological polar surface area (TPSA) is 58.4 Å². The Labute approximate surface area is 131 Å². The molecule has 22 heavy (non-hydrogen) atoms. The highest BCUT2D eigenvalue weighted by Gasteiger charge is 2.29. The second-order valence-electron chi connectivity index (χ2n) is 6.49. The van der Waals surface area contributed by atoms with Gasteiger partial charge in [-0.15, -0.1) is 0 Å². The predicted octanol–water partition coefficient (Wildman–Crippen LogP) is 0.822. The minimum absolute atomic E-state index is 0.111. The molecule has 6 heteroatoms. The van der Waals surface area contributed by atoms with Crippen LogP contribution in [-0.2, 0) is 11.3 Å². The zero-order chi connectivity index (χ0) is 16.1. The molecule has 122 valence electrons. The van der Waals surface area contributed by atoms with E-state index >= 15 is 0 Å². The van der Waals surface area contributed by atoms with E-state index in [1.165, 1.54) is 23.2 Å². The number of piperazine rings is 1. The van der Waals surface area contributed by atoms with Crippen LogP contribution in [0.5, 0.6) is 0 Å². The van der Waals surface area contributed by atoms with Crippen LogP contribution >= 0.6 is 0 Å². The molecule has 1 atom stereocenters. The quantitative estimate of drug-likeness (QED) is 0.808. The molecule has 0 bridgehead atoms. The van der Waals surface area contributed by atoms with Crippen LogP contribution in [0.25, 0.3) is 0 Å². The van der Waals surface area contributed by atoms with Gasteiger partial charge in [-0.3, -0.25) is 14.2 Å². The minimum Gasteiger partial charge on any atom is -0.337 e. The van der Waals surface area contributed by atoms with E-state index in [-0.39, 0.29) is 17.5 Å². The summed E-state index contributed by atoms with van der Waals surface area (Å²) < 4.78 is 1.49. The molecule has 0 aliphatic carbocycles. The van der Waals surface area contributed by atoms with Crippen molar-refractivity contribution < 1.29 is 4.79 Å². The van der Waals surface area contributed by atoms with Gasteiger partial charge in [-0.2, -0.15) is 0 Å². The second-order valence-corrected chi connectivity index (χ2v) is 6.49. The molecule has 0 N–H and O–H groups in total. The van der Waals surface area contributed by atoms with Crippen LogP contribution in [0.2, 0.25) is 0 Å². The maximum atomic E-state index is 12.6. The molecule has 1 aromatic heterocycles. The third-order valence-electron chi connectivity index (χ3n) is 4.11. The van der Waals surface area contributed by atoms with Gasteiger partial charge in [0.1, 0.15) is 0 Å². The van der Waals surface area contributed by atoms with Crippen molar-refractivity contribution in [3.63, 3.8) is 0 Å². The number of aryl methyl sites for hydroxylation is 1. The van der Waals surface area contributed by atoms with Gasteiger partial charge in [0.05, 0.1) is 6.33 Å². The fraction of sp³-hybridized carbons (Fsp3) is 0.688. The maximum Gasteiger partial charge on any atom is 0.253 e. The number of aromatic nitrogens is 2. The summed E-state index contributed by atoms with van der Waals surface area (Å²) in [7, 11) is 2.10. The summed E-state index contributed by atoms with van der Waals surface area (Å²) in [6.07, 6.45) is 4.33. The number of carbonyl (C=O) groups excluding carboxylic acids is 1. The highest BCUT2D eigenvalue weighted by atomic mass is 16.2. The molecule has 0 saturated carbocycles. The molecule has 1 unspecified atom stereocenters. The van der Waals surface area contributed by atoms with E-state index in [4.69, 9.17) is 0 Å². The van der Waals surface area contributed by atoms with Crippen LogP contribution in [-0.4, -0.2) is 58.0 Å². The summed E-state index contributed by atoms with van der Waals surface area (Å²) >= 11 is 0. The maximum absolute atomic E-state index is 12.6. The van der Waals surface area contributed by atoms with Gasteiger partial charge in [0, 0.05) is 50.9 Å². The van der Waals surface area contributed by atoms with Crippen LogP contribution in [0.1, 0.15) is 26.7 Å². The Hall–Kier alpha value is -1.69. The first kappa shape index (κ1) is 16.7. The minimum atomic E-state index is -0.111. The van der Waals surface area contributed by atoms with Crippen molar-refractivity contribution in [2.24, 2.45) is 5.92 Å². The molecule has 1 aliphatic heterocycles. The van der Waals surface area contributed by atoms with Crippen molar-refractivity contribution in [3.8, 4) is 0 Å². The summed E-state index contributed by atoms with van der Waals surface area (Å²) in [5.74, 6) is 0.697. The van der Waals surface area contributed by atoms with E-state index in [1.54, 1.807) is 0 Å². The fourth-order valence-corrected chi connectivity index (χ4v) is 2.99. The lowest BCUT2D eigenvalue weighted by atomic mass is 10.00. The zero-order valence-electron chi connectivity index (χ0n) is 13.7. The normalized spacial score (nSPS) is 19.6. The lowest BCUT2D eigenvalue weighted by Crippen LogP contribution is -2.54. The van der Waals surface area contributed by atoms with Gasteiger partial charge in [0.15, 0.2) is 0 Å². The number of rotatable bonds is 5. The largest absolute Gasteiger partial charge is 0.337 e. The molecule has 1 aliphatic rings. The Morgan fingerprint density at radius 2 is 2.18 bits per heavy atom. The molecule has 1 amide bonds. The van der Waals surface area contributed by atoms with Gasteiger partial charge in [-0.05, 0) is 19.4 Å². The third-order valence-corrected chi connectivity index (χ3v) is 4.11. The molecule has 0 radical (unpaired) electrons. The molecule has 0 spiro atoms. The first-order chi connectivity index (χ1) is 10.5. The second kappa shape index (κ2) is 7.54. The van der Waals surface area contributed by atoms with Crippen molar-refractivity contribution in [1.82, 2.24) is 19.4 Å². The number of amides is 1. The summed E-state index contributed by atoms with van der Waals surface area (Å²) in [6, 6.07) is 1.69. The van der Waals surface area contributed by atoms with Crippen LogP contribution in [0.15, 0.2) is 23.4 Å². The summed E-state index contributed by atoms with van der Waals surface area (Å²) in [4.78, 5) is 32.4. The molecule has 1 saturated heterocycles. The zero-order valence-corrected chi connectivity index (χ0v) is 13.7. The first-order valence-electron chi connectivity index (χ1n) is 7.96. The SMILES string of the molecule is CC(C)CC1CN(C)CCN1C(=O)CCn1cnccc1=O. The molecule has 0 aromatic carbocycles. The Kier molecular flexibility index (Phi) is 5.71. The van der Waals surface area contributed by atoms with Crippen molar-refractivity contribution in [1.29, 1.82) is 0 Å². The predicted molar refractivity (Wildman–Crippen MR) is 85.6 cm³/mol.